The highest BCUT2D eigenvalue weighted by Gasteiger charge is 2.18. The van der Waals surface area contributed by atoms with Gasteiger partial charge in [-0.1, -0.05) is 20.8 Å². The van der Waals surface area contributed by atoms with Crippen LogP contribution in [0.3, 0.4) is 0 Å². The second-order valence-electron chi connectivity index (χ2n) is 5.73. The number of nitrogens with zero attached hydrogens (tertiary/aromatic N) is 2. The third-order valence-corrected chi connectivity index (χ3v) is 3.06. The lowest BCUT2D eigenvalue weighted by molar-refractivity contribution is -0.117. The number of aromatic nitrogens is 1. The Morgan fingerprint density at radius 3 is 2.79 bits per heavy atom. The average molecular weight is 285 g/mol. The average Bonchev–Trinajstić information content (AvgIpc) is 2.76. The number of carbonyl (C=O) groups excluding carboxylic acids is 1. The van der Waals surface area contributed by atoms with Gasteiger partial charge in [-0.2, -0.15) is 0 Å². The van der Waals surface area contributed by atoms with Gasteiger partial charge in [0.15, 0.2) is 5.13 Å². The fraction of sp³-hybridized carbons (Fsp3) is 0.692. The molecule has 0 aliphatic rings. The van der Waals surface area contributed by atoms with Crippen LogP contribution in [-0.2, 0) is 4.79 Å². The summed E-state index contributed by atoms with van der Waals surface area (Å²) in [7, 11) is 0. The minimum absolute atomic E-state index is 0.0582. The number of anilines is 1. The van der Waals surface area contributed by atoms with E-state index in [9.17, 15) is 4.79 Å². The van der Waals surface area contributed by atoms with E-state index in [-0.39, 0.29) is 17.9 Å². The SMILES string of the molecule is CC(C)(C)CN(CCCO)CC(=O)Nc1nccs1. The third-order valence-electron chi connectivity index (χ3n) is 2.38. The number of aliphatic hydroxyl groups is 1. The zero-order valence-corrected chi connectivity index (χ0v) is 12.7. The largest absolute Gasteiger partial charge is 0.396 e. The summed E-state index contributed by atoms with van der Waals surface area (Å²) >= 11 is 1.41. The highest BCUT2D eigenvalue weighted by atomic mass is 32.1. The van der Waals surface area contributed by atoms with Crippen LogP contribution >= 0.6 is 11.3 Å². The molecule has 6 heteroatoms. The molecule has 19 heavy (non-hydrogen) atoms. The van der Waals surface area contributed by atoms with E-state index in [1.165, 1.54) is 11.3 Å². The molecule has 2 N–H and O–H groups in total. The molecule has 0 unspecified atom stereocenters. The van der Waals surface area contributed by atoms with Gasteiger partial charge in [0.2, 0.25) is 5.91 Å². The monoisotopic (exact) mass is 285 g/mol. The molecule has 1 aromatic rings. The molecule has 108 valence electrons. The molecule has 0 bridgehead atoms. The maximum absolute atomic E-state index is 11.9. The number of rotatable bonds is 7. The van der Waals surface area contributed by atoms with E-state index in [1.807, 2.05) is 5.38 Å². The lowest BCUT2D eigenvalue weighted by Gasteiger charge is -2.29. The summed E-state index contributed by atoms with van der Waals surface area (Å²) in [6.45, 7) is 8.43. The predicted octanol–water partition coefficient (Wildman–Crippen LogP) is 1.81. The molecule has 0 aliphatic heterocycles. The van der Waals surface area contributed by atoms with Crippen LogP contribution in [-0.4, -0.2) is 47.1 Å². The van der Waals surface area contributed by atoms with Crippen molar-refractivity contribution in [3.63, 3.8) is 0 Å². The van der Waals surface area contributed by atoms with E-state index < -0.39 is 0 Å². The number of aliphatic hydroxyl groups excluding tert-OH is 1. The smallest absolute Gasteiger partial charge is 0.240 e. The van der Waals surface area contributed by atoms with Gasteiger partial charge < -0.3 is 10.4 Å². The standard InChI is InChI=1S/C13H23N3O2S/c1-13(2,3)10-16(6-4-7-17)9-11(18)15-12-14-5-8-19-12/h5,8,17H,4,6-7,9-10H2,1-3H3,(H,14,15,18). The van der Waals surface area contributed by atoms with Gasteiger partial charge in [0.1, 0.15) is 0 Å². The van der Waals surface area contributed by atoms with Gasteiger partial charge in [0.05, 0.1) is 6.54 Å². The highest BCUT2D eigenvalue weighted by molar-refractivity contribution is 7.13. The second-order valence-corrected chi connectivity index (χ2v) is 6.63. The van der Waals surface area contributed by atoms with Gasteiger partial charge in [-0.15, -0.1) is 11.3 Å². The van der Waals surface area contributed by atoms with E-state index >= 15 is 0 Å². The summed E-state index contributed by atoms with van der Waals surface area (Å²) in [5, 5.41) is 14.2. The molecule has 0 atom stereocenters. The van der Waals surface area contributed by atoms with E-state index in [1.54, 1.807) is 6.20 Å². The minimum Gasteiger partial charge on any atom is -0.396 e. The van der Waals surface area contributed by atoms with Gasteiger partial charge in [0, 0.05) is 31.3 Å². The lowest BCUT2D eigenvalue weighted by atomic mass is 9.96. The summed E-state index contributed by atoms with van der Waals surface area (Å²) < 4.78 is 0. The Labute approximate surface area is 118 Å². The third kappa shape index (κ3) is 7.25. The first-order valence-corrected chi connectivity index (χ1v) is 7.31. The maximum atomic E-state index is 11.9. The molecule has 1 aromatic heterocycles. The van der Waals surface area contributed by atoms with Crippen LogP contribution in [0.2, 0.25) is 0 Å². The number of hydrogen-bond donors (Lipinski definition) is 2. The second kappa shape index (κ2) is 7.57. The van der Waals surface area contributed by atoms with Crippen molar-refractivity contribution >= 4 is 22.4 Å². The quantitative estimate of drug-likeness (QED) is 0.802. The van der Waals surface area contributed by atoms with Crippen molar-refractivity contribution in [2.24, 2.45) is 5.41 Å². The van der Waals surface area contributed by atoms with Crippen LogP contribution in [0, 0.1) is 5.41 Å². The Morgan fingerprint density at radius 1 is 1.53 bits per heavy atom. The summed E-state index contributed by atoms with van der Waals surface area (Å²) in [5.41, 5.74) is 0.122. The molecular formula is C13H23N3O2S. The zero-order chi connectivity index (χ0) is 14.3. The summed E-state index contributed by atoms with van der Waals surface area (Å²) in [5.74, 6) is -0.0582. The van der Waals surface area contributed by atoms with E-state index in [2.05, 4.69) is 36.0 Å². The molecule has 0 radical (unpaired) electrons. The van der Waals surface area contributed by atoms with E-state index in [4.69, 9.17) is 5.11 Å². The highest BCUT2D eigenvalue weighted by Crippen LogP contribution is 2.16. The van der Waals surface area contributed by atoms with Crippen molar-refractivity contribution in [2.75, 3.05) is 31.6 Å². The van der Waals surface area contributed by atoms with E-state index in [0.717, 1.165) is 13.1 Å². The van der Waals surface area contributed by atoms with Crippen LogP contribution < -0.4 is 5.32 Å². The Bertz CT molecular complexity index is 374. The van der Waals surface area contributed by atoms with E-state index in [0.29, 0.717) is 18.1 Å². The molecule has 0 aliphatic carbocycles. The van der Waals surface area contributed by atoms with Gasteiger partial charge in [-0.25, -0.2) is 4.98 Å². The molecule has 1 amide bonds. The van der Waals surface area contributed by atoms with Crippen LogP contribution in [0.4, 0.5) is 5.13 Å². The van der Waals surface area contributed by atoms with Crippen molar-refractivity contribution in [3.8, 4) is 0 Å². The van der Waals surface area contributed by atoms with Gasteiger partial charge in [-0.05, 0) is 11.8 Å². The van der Waals surface area contributed by atoms with Gasteiger partial charge in [0.25, 0.3) is 0 Å². The van der Waals surface area contributed by atoms with Crippen LogP contribution in [0.1, 0.15) is 27.2 Å². The summed E-state index contributed by atoms with van der Waals surface area (Å²) in [6, 6.07) is 0. The predicted molar refractivity (Wildman–Crippen MR) is 78.3 cm³/mol. The fourth-order valence-corrected chi connectivity index (χ4v) is 2.37. The van der Waals surface area contributed by atoms with Crippen molar-refractivity contribution in [1.29, 1.82) is 0 Å². The molecule has 0 spiro atoms. The molecular weight excluding hydrogens is 262 g/mol. The first-order valence-electron chi connectivity index (χ1n) is 6.43. The molecule has 0 aromatic carbocycles. The number of nitrogens with one attached hydrogen (secondary N) is 1. The van der Waals surface area contributed by atoms with Crippen molar-refractivity contribution in [1.82, 2.24) is 9.88 Å². The van der Waals surface area contributed by atoms with Crippen LogP contribution in [0.25, 0.3) is 0 Å². The fourth-order valence-electron chi connectivity index (χ4n) is 1.83. The minimum atomic E-state index is -0.0582. The van der Waals surface area contributed by atoms with Crippen LogP contribution in [0.5, 0.6) is 0 Å². The Kier molecular flexibility index (Phi) is 6.41. The normalized spacial score (nSPS) is 11.8. The Balaban J connectivity index is 2.48. The van der Waals surface area contributed by atoms with Crippen molar-refractivity contribution < 1.29 is 9.90 Å². The number of carbonyl (C=O) groups is 1. The molecule has 0 saturated heterocycles. The summed E-state index contributed by atoms with van der Waals surface area (Å²) in [6.07, 6.45) is 2.35. The topological polar surface area (TPSA) is 65.5 Å². The van der Waals surface area contributed by atoms with Crippen LogP contribution in [0.15, 0.2) is 11.6 Å². The number of thiazole rings is 1. The maximum Gasteiger partial charge on any atom is 0.240 e. The summed E-state index contributed by atoms with van der Waals surface area (Å²) in [4.78, 5) is 18.0. The number of amides is 1. The molecule has 5 nitrogen and oxygen atoms in total. The first kappa shape index (κ1) is 16.1. The van der Waals surface area contributed by atoms with Crippen molar-refractivity contribution in [2.45, 2.75) is 27.2 Å². The lowest BCUT2D eigenvalue weighted by Crippen LogP contribution is -2.39. The first-order chi connectivity index (χ1) is 8.90. The Morgan fingerprint density at radius 2 is 2.26 bits per heavy atom. The van der Waals surface area contributed by atoms with Gasteiger partial charge >= 0.3 is 0 Å². The molecule has 1 heterocycles. The molecule has 0 saturated carbocycles. The van der Waals surface area contributed by atoms with Crippen molar-refractivity contribution in [3.05, 3.63) is 11.6 Å². The molecule has 1 rings (SSSR count). The molecule has 0 fully saturated rings. The zero-order valence-electron chi connectivity index (χ0n) is 11.8. The number of hydrogen-bond acceptors (Lipinski definition) is 5. The Hall–Kier alpha value is -0.980. The van der Waals surface area contributed by atoms with Gasteiger partial charge in [-0.3, -0.25) is 9.69 Å².